The number of aldehydes is 1. The smallest absolute Gasteiger partial charge is 0.131 e. The maximum absolute atomic E-state index is 10.0. The van der Waals surface area contributed by atoms with E-state index in [9.17, 15) is 4.79 Å². The quantitative estimate of drug-likeness (QED) is 0.469. The maximum atomic E-state index is 10.0. The van der Waals surface area contributed by atoms with E-state index in [1.165, 1.54) is 5.56 Å². The Labute approximate surface area is 78.8 Å². The van der Waals surface area contributed by atoms with Gasteiger partial charge in [-0.25, -0.2) is 0 Å². The number of rotatable bonds is 1. The number of hydrogen-bond donors (Lipinski definition) is 0. The number of carbonyl (C=O) groups is 1. The van der Waals surface area contributed by atoms with Crippen molar-refractivity contribution in [2.24, 2.45) is 0 Å². The molecule has 0 N–H and O–H groups in total. The molecular weight excluding hydrogens is 160 g/mol. The highest BCUT2D eigenvalue weighted by Gasteiger charge is 1.93. The minimum Gasteiger partial charge on any atom is -0.302 e. The lowest BCUT2D eigenvalue weighted by Crippen LogP contribution is -1.83. The summed E-state index contributed by atoms with van der Waals surface area (Å²) in [4.78, 5) is 10.0. The van der Waals surface area contributed by atoms with Gasteiger partial charge in [0, 0.05) is 5.56 Å². The van der Waals surface area contributed by atoms with Gasteiger partial charge in [0.05, 0.1) is 6.42 Å². The van der Waals surface area contributed by atoms with Crippen molar-refractivity contribution in [3.63, 3.8) is 0 Å². The van der Waals surface area contributed by atoms with Gasteiger partial charge in [-0.05, 0) is 31.0 Å². The number of carbonyl (C=O) groups excluding carboxylic acids is 1. The number of hydrogen-bond acceptors (Lipinski definition) is 1. The first-order valence-electron chi connectivity index (χ1n) is 4.24. The first-order valence-corrected chi connectivity index (χ1v) is 4.24. The van der Waals surface area contributed by atoms with E-state index in [0.29, 0.717) is 6.42 Å². The summed E-state index contributed by atoms with van der Waals surface area (Å²) >= 11 is 0. The molecule has 0 radical (unpaired) electrons. The van der Waals surface area contributed by atoms with Gasteiger partial charge in [-0.2, -0.15) is 0 Å². The largest absolute Gasteiger partial charge is 0.302 e. The van der Waals surface area contributed by atoms with E-state index in [1.54, 1.807) is 0 Å². The summed E-state index contributed by atoms with van der Waals surface area (Å²) in [5.74, 6) is 5.77. The molecule has 1 rings (SSSR count). The van der Waals surface area contributed by atoms with Crippen LogP contribution in [0, 0.1) is 25.7 Å². The predicted molar refractivity (Wildman–Crippen MR) is 53.5 cm³/mol. The van der Waals surface area contributed by atoms with Crippen LogP contribution in [0.25, 0.3) is 0 Å². The van der Waals surface area contributed by atoms with Crippen molar-refractivity contribution in [1.29, 1.82) is 0 Å². The van der Waals surface area contributed by atoms with Gasteiger partial charge in [-0.1, -0.05) is 24.0 Å². The fourth-order valence-corrected chi connectivity index (χ4v) is 1.06. The van der Waals surface area contributed by atoms with Crippen LogP contribution in [0.15, 0.2) is 18.2 Å². The molecule has 13 heavy (non-hydrogen) atoms. The van der Waals surface area contributed by atoms with E-state index >= 15 is 0 Å². The molecule has 0 heterocycles. The third kappa shape index (κ3) is 2.76. The molecule has 0 spiro atoms. The van der Waals surface area contributed by atoms with Crippen molar-refractivity contribution in [3.05, 3.63) is 34.9 Å². The van der Waals surface area contributed by atoms with Crippen LogP contribution in [-0.4, -0.2) is 6.29 Å². The second-order valence-corrected chi connectivity index (χ2v) is 2.99. The molecule has 0 fully saturated rings. The normalized spacial score (nSPS) is 8.77. The Bertz CT molecular complexity index is 366. The molecule has 66 valence electrons. The summed E-state index contributed by atoms with van der Waals surface area (Å²) in [5, 5.41) is 0. The van der Waals surface area contributed by atoms with Crippen molar-refractivity contribution in [1.82, 2.24) is 0 Å². The lowest BCUT2D eigenvalue weighted by molar-refractivity contribution is -0.107. The van der Waals surface area contributed by atoms with Gasteiger partial charge in [0.2, 0.25) is 0 Å². The number of benzene rings is 1. The van der Waals surface area contributed by atoms with Crippen molar-refractivity contribution in [2.75, 3.05) is 0 Å². The molecule has 1 nitrogen and oxygen atoms in total. The third-order valence-corrected chi connectivity index (χ3v) is 1.80. The predicted octanol–water partition coefficient (Wildman–Crippen LogP) is 2.24. The summed E-state index contributed by atoms with van der Waals surface area (Å²) in [7, 11) is 0. The second-order valence-electron chi connectivity index (χ2n) is 2.99. The zero-order valence-electron chi connectivity index (χ0n) is 7.92. The minimum atomic E-state index is 0.313. The van der Waals surface area contributed by atoms with Crippen LogP contribution in [0.2, 0.25) is 0 Å². The first-order chi connectivity index (χ1) is 6.24. The second kappa shape index (κ2) is 4.47. The van der Waals surface area contributed by atoms with Gasteiger partial charge in [0.1, 0.15) is 6.29 Å². The van der Waals surface area contributed by atoms with Gasteiger partial charge in [0.25, 0.3) is 0 Å². The Balaban J connectivity index is 2.95. The standard InChI is InChI=1S/C12H12O/c1-10-6-7-11(2)12(9-10)5-3-4-8-13/h6-9H,4H2,1-2H3. The molecule has 0 saturated carbocycles. The molecule has 0 aromatic heterocycles. The Morgan fingerprint density at radius 1 is 1.38 bits per heavy atom. The molecule has 0 bridgehead atoms. The maximum Gasteiger partial charge on any atom is 0.131 e. The van der Waals surface area contributed by atoms with Crippen molar-refractivity contribution in [3.8, 4) is 11.8 Å². The van der Waals surface area contributed by atoms with E-state index < -0.39 is 0 Å². The average molecular weight is 172 g/mol. The molecule has 0 aliphatic heterocycles. The SMILES string of the molecule is Cc1ccc(C)c(C#CCC=O)c1. The van der Waals surface area contributed by atoms with Gasteiger partial charge < -0.3 is 4.79 Å². The molecule has 0 aliphatic rings. The van der Waals surface area contributed by atoms with Crippen LogP contribution in [0.4, 0.5) is 0 Å². The van der Waals surface area contributed by atoms with E-state index in [4.69, 9.17) is 0 Å². The summed E-state index contributed by atoms with van der Waals surface area (Å²) in [6.45, 7) is 4.05. The zero-order valence-corrected chi connectivity index (χ0v) is 7.92. The fourth-order valence-electron chi connectivity index (χ4n) is 1.06. The van der Waals surface area contributed by atoms with Crippen molar-refractivity contribution >= 4 is 6.29 Å². The molecule has 0 saturated heterocycles. The Kier molecular flexibility index (Phi) is 3.28. The summed E-state index contributed by atoms with van der Waals surface area (Å²) in [5.41, 5.74) is 3.37. The highest BCUT2D eigenvalue weighted by atomic mass is 16.1. The fraction of sp³-hybridized carbons (Fsp3) is 0.250. The minimum absolute atomic E-state index is 0.313. The third-order valence-electron chi connectivity index (χ3n) is 1.80. The highest BCUT2D eigenvalue weighted by Crippen LogP contribution is 2.08. The van der Waals surface area contributed by atoms with Gasteiger partial charge in [-0.15, -0.1) is 0 Å². The molecule has 0 aliphatic carbocycles. The summed E-state index contributed by atoms with van der Waals surface area (Å²) in [6, 6.07) is 6.13. The zero-order chi connectivity index (χ0) is 9.68. The van der Waals surface area contributed by atoms with Gasteiger partial charge in [-0.3, -0.25) is 0 Å². The molecule has 0 amide bonds. The van der Waals surface area contributed by atoms with Crippen LogP contribution in [0.1, 0.15) is 23.1 Å². The van der Waals surface area contributed by atoms with Crippen LogP contribution < -0.4 is 0 Å². The van der Waals surface area contributed by atoms with E-state index in [2.05, 4.69) is 17.9 Å². The van der Waals surface area contributed by atoms with E-state index in [-0.39, 0.29) is 0 Å². The Morgan fingerprint density at radius 2 is 2.15 bits per heavy atom. The molecular formula is C12H12O. The van der Waals surface area contributed by atoms with Crippen molar-refractivity contribution < 1.29 is 4.79 Å². The van der Waals surface area contributed by atoms with E-state index in [1.807, 2.05) is 26.0 Å². The summed E-state index contributed by atoms with van der Waals surface area (Å²) < 4.78 is 0. The summed E-state index contributed by atoms with van der Waals surface area (Å²) in [6.07, 6.45) is 1.13. The monoisotopic (exact) mass is 172 g/mol. The topological polar surface area (TPSA) is 17.1 Å². The van der Waals surface area contributed by atoms with Crippen LogP contribution in [-0.2, 0) is 4.79 Å². The van der Waals surface area contributed by atoms with Crippen LogP contribution in [0.5, 0.6) is 0 Å². The van der Waals surface area contributed by atoms with Gasteiger partial charge >= 0.3 is 0 Å². The highest BCUT2D eigenvalue weighted by molar-refractivity contribution is 5.55. The molecule has 1 aromatic carbocycles. The van der Waals surface area contributed by atoms with Crippen molar-refractivity contribution in [2.45, 2.75) is 20.3 Å². The van der Waals surface area contributed by atoms with Crippen LogP contribution >= 0.6 is 0 Å². The molecule has 0 atom stereocenters. The molecule has 0 unspecified atom stereocenters. The lowest BCUT2D eigenvalue weighted by Gasteiger charge is -1.98. The first kappa shape index (κ1) is 9.54. The molecule has 1 aromatic rings. The average Bonchev–Trinajstić information content (AvgIpc) is 2.11. The van der Waals surface area contributed by atoms with Crippen LogP contribution in [0.3, 0.4) is 0 Å². The Hall–Kier alpha value is -1.55. The lowest BCUT2D eigenvalue weighted by atomic mass is 10.1. The van der Waals surface area contributed by atoms with Gasteiger partial charge in [0.15, 0.2) is 0 Å². The van der Waals surface area contributed by atoms with E-state index in [0.717, 1.165) is 17.4 Å². The number of aryl methyl sites for hydroxylation is 2. The molecule has 1 heteroatoms. The Morgan fingerprint density at radius 3 is 2.85 bits per heavy atom.